The first kappa shape index (κ1) is 22.1. The predicted molar refractivity (Wildman–Crippen MR) is 101 cm³/mol. The zero-order valence-electron chi connectivity index (χ0n) is 16.3. The average molecular weight is 341 g/mol. The van der Waals surface area contributed by atoms with Gasteiger partial charge in [-0.2, -0.15) is 0 Å². The lowest BCUT2D eigenvalue weighted by molar-refractivity contribution is -0.135. The van der Waals surface area contributed by atoms with Gasteiger partial charge in [-0.15, -0.1) is 0 Å². The Kier molecular flexibility index (Phi) is 10.4. The molecule has 0 aliphatic carbocycles. The SMILES string of the molecule is CC(=O)O/C=C/C=C/C(C)CCO[Si](C(C)C)(C(C)C)C(C)C. The molecule has 0 aromatic heterocycles. The van der Waals surface area contributed by atoms with E-state index in [4.69, 9.17) is 9.16 Å². The van der Waals surface area contributed by atoms with Crippen molar-refractivity contribution >= 4 is 14.3 Å². The summed E-state index contributed by atoms with van der Waals surface area (Å²) < 4.78 is 11.3. The highest BCUT2D eigenvalue weighted by molar-refractivity contribution is 6.77. The van der Waals surface area contributed by atoms with Gasteiger partial charge in [0.1, 0.15) is 0 Å². The Balaban J connectivity index is 4.46. The van der Waals surface area contributed by atoms with E-state index >= 15 is 0 Å². The fraction of sp³-hybridized carbons (Fsp3) is 0.737. The quantitative estimate of drug-likeness (QED) is 0.217. The molecule has 4 heteroatoms. The number of rotatable bonds is 10. The first-order chi connectivity index (χ1) is 10.6. The van der Waals surface area contributed by atoms with Gasteiger partial charge in [-0.3, -0.25) is 4.79 Å². The molecule has 0 saturated heterocycles. The lowest BCUT2D eigenvalue weighted by atomic mass is 10.1. The van der Waals surface area contributed by atoms with E-state index < -0.39 is 8.32 Å². The molecule has 0 aliphatic heterocycles. The summed E-state index contributed by atoms with van der Waals surface area (Å²) in [5.41, 5.74) is 1.88. The number of hydrogen-bond acceptors (Lipinski definition) is 3. The van der Waals surface area contributed by atoms with Gasteiger partial charge in [-0.1, -0.05) is 60.6 Å². The van der Waals surface area contributed by atoms with E-state index in [1.54, 1.807) is 6.08 Å². The van der Waals surface area contributed by atoms with Crippen molar-refractivity contribution in [3.8, 4) is 0 Å². The Bertz CT molecular complexity index is 376. The molecular formula is C19H36O3Si. The van der Waals surface area contributed by atoms with Crippen LogP contribution in [0.1, 0.15) is 61.8 Å². The molecule has 0 aromatic rings. The van der Waals surface area contributed by atoms with Crippen molar-refractivity contribution in [3.05, 3.63) is 24.5 Å². The molecule has 0 aromatic carbocycles. The topological polar surface area (TPSA) is 35.5 Å². The maximum atomic E-state index is 10.6. The van der Waals surface area contributed by atoms with E-state index in [1.165, 1.54) is 13.2 Å². The highest BCUT2D eigenvalue weighted by Gasteiger charge is 2.44. The van der Waals surface area contributed by atoms with Crippen LogP contribution in [-0.2, 0) is 14.0 Å². The number of carbonyl (C=O) groups excluding carboxylic acids is 1. The molecule has 1 atom stereocenters. The van der Waals surface area contributed by atoms with Crippen molar-refractivity contribution in [3.63, 3.8) is 0 Å². The van der Waals surface area contributed by atoms with Gasteiger partial charge in [-0.25, -0.2) is 0 Å². The third-order valence-electron chi connectivity index (χ3n) is 4.50. The number of ether oxygens (including phenoxy) is 1. The molecule has 0 radical (unpaired) electrons. The van der Waals surface area contributed by atoms with Crippen molar-refractivity contribution in [1.29, 1.82) is 0 Å². The summed E-state index contributed by atoms with van der Waals surface area (Å²) in [6.07, 6.45) is 8.21. The van der Waals surface area contributed by atoms with Crippen LogP contribution in [-0.4, -0.2) is 20.9 Å². The number of allylic oxidation sites excluding steroid dienone is 3. The number of carbonyl (C=O) groups is 1. The molecule has 0 amide bonds. The highest BCUT2D eigenvalue weighted by atomic mass is 28.4. The van der Waals surface area contributed by atoms with Gasteiger partial charge in [0.15, 0.2) is 8.32 Å². The monoisotopic (exact) mass is 340 g/mol. The van der Waals surface area contributed by atoms with Gasteiger partial charge in [0.05, 0.1) is 6.26 Å². The van der Waals surface area contributed by atoms with Gasteiger partial charge >= 0.3 is 5.97 Å². The molecule has 0 N–H and O–H groups in total. The summed E-state index contributed by atoms with van der Waals surface area (Å²) in [5.74, 6) is 0.142. The second-order valence-electron chi connectivity index (χ2n) is 7.25. The molecular weight excluding hydrogens is 304 g/mol. The first-order valence-corrected chi connectivity index (χ1v) is 10.9. The lowest BCUT2D eigenvalue weighted by Crippen LogP contribution is -2.48. The Morgan fingerprint density at radius 2 is 1.48 bits per heavy atom. The molecule has 0 spiro atoms. The molecule has 0 fully saturated rings. The maximum absolute atomic E-state index is 10.6. The Morgan fingerprint density at radius 3 is 1.91 bits per heavy atom. The standard InChI is InChI=1S/C19H36O3Si/c1-15(2)23(16(3)4,17(5)6)22-14-12-18(7)11-9-10-13-21-19(8)20/h9-11,13,15-18H,12,14H2,1-8H3/b11-9+,13-10+. The normalized spacial score (nSPS) is 14.6. The van der Waals surface area contributed by atoms with Crippen LogP contribution in [0.2, 0.25) is 16.6 Å². The van der Waals surface area contributed by atoms with E-state index in [9.17, 15) is 4.79 Å². The molecule has 134 valence electrons. The van der Waals surface area contributed by atoms with Crippen LogP contribution >= 0.6 is 0 Å². The highest BCUT2D eigenvalue weighted by Crippen LogP contribution is 2.42. The second-order valence-corrected chi connectivity index (χ2v) is 12.7. The van der Waals surface area contributed by atoms with E-state index in [0.29, 0.717) is 22.5 Å². The van der Waals surface area contributed by atoms with Gasteiger partial charge < -0.3 is 9.16 Å². The second kappa shape index (κ2) is 10.8. The minimum atomic E-state index is -1.75. The fourth-order valence-corrected chi connectivity index (χ4v) is 8.92. The van der Waals surface area contributed by atoms with Crippen LogP contribution < -0.4 is 0 Å². The van der Waals surface area contributed by atoms with Gasteiger partial charge in [0.25, 0.3) is 0 Å². The molecule has 0 saturated carbocycles. The minimum Gasteiger partial charge on any atom is -0.435 e. The molecule has 0 heterocycles. The smallest absolute Gasteiger partial charge is 0.307 e. The van der Waals surface area contributed by atoms with Crippen molar-refractivity contribution in [2.45, 2.75) is 78.4 Å². The predicted octanol–water partition coefficient (Wildman–Crippen LogP) is 5.84. The molecule has 1 unspecified atom stereocenters. The van der Waals surface area contributed by atoms with E-state index in [2.05, 4.69) is 54.5 Å². The van der Waals surface area contributed by atoms with Gasteiger partial charge in [-0.05, 0) is 35.0 Å². The van der Waals surface area contributed by atoms with Crippen LogP contribution in [0, 0.1) is 5.92 Å². The summed E-state index contributed by atoms with van der Waals surface area (Å²) in [5, 5.41) is 0. The molecule has 0 rings (SSSR count). The third kappa shape index (κ3) is 7.49. The summed E-state index contributed by atoms with van der Waals surface area (Å²) in [7, 11) is -1.75. The summed E-state index contributed by atoms with van der Waals surface area (Å²) in [6.45, 7) is 18.3. The molecule has 3 nitrogen and oxygen atoms in total. The minimum absolute atomic E-state index is 0.298. The molecule has 0 bridgehead atoms. The number of esters is 1. The summed E-state index contributed by atoms with van der Waals surface area (Å²) >= 11 is 0. The van der Waals surface area contributed by atoms with E-state index in [1.807, 2.05) is 6.08 Å². The average Bonchev–Trinajstić information content (AvgIpc) is 2.41. The van der Waals surface area contributed by atoms with Crippen molar-refractivity contribution < 1.29 is 14.0 Å². The largest absolute Gasteiger partial charge is 0.435 e. The molecule has 23 heavy (non-hydrogen) atoms. The van der Waals surface area contributed by atoms with Crippen molar-refractivity contribution in [2.24, 2.45) is 5.92 Å². The zero-order chi connectivity index (χ0) is 18.0. The van der Waals surface area contributed by atoms with Crippen LogP contribution in [0.15, 0.2) is 24.5 Å². The summed E-state index contributed by atoms with van der Waals surface area (Å²) in [4.78, 5) is 10.6. The van der Waals surface area contributed by atoms with Gasteiger partial charge in [0.2, 0.25) is 0 Å². The number of hydrogen-bond donors (Lipinski definition) is 0. The first-order valence-electron chi connectivity index (χ1n) is 8.79. The molecule has 0 aliphatic rings. The summed E-state index contributed by atoms with van der Waals surface area (Å²) in [6, 6.07) is 0. The van der Waals surface area contributed by atoms with Crippen LogP contribution in [0.5, 0.6) is 0 Å². The Labute approximate surface area is 144 Å². The van der Waals surface area contributed by atoms with E-state index in [0.717, 1.165) is 13.0 Å². The van der Waals surface area contributed by atoms with E-state index in [-0.39, 0.29) is 5.97 Å². The Hall–Kier alpha value is -0.873. The van der Waals surface area contributed by atoms with Crippen LogP contribution in [0.3, 0.4) is 0 Å². The lowest BCUT2D eigenvalue weighted by Gasteiger charge is -2.42. The third-order valence-corrected chi connectivity index (χ3v) is 10.6. The zero-order valence-corrected chi connectivity index (χ0v) is 17.3. The van der Waals surface area contributed by atoms with Crippen LogP contribution in [0.25, 0.3) is 0 Å². The van der Waals surface area contributed by atoms with Crippen molar-refractivity contribution in [1.82, 2.24) is 0 Å². The van der Waals surface area contributed by atoms with Gasteiger partial charge in [0, 0.05) is 13.5 Å². The maximum Gasteiger partial charge on any atom is 0.307 e. The Morgan fingerprint density at radius 1 is 0.957 bits per heavy atom. The van der Waals surface area contributed by atoms with Crippen LogP contribution in [0.4, 0.5) is 0 Å². The van der Waals surface area contributed by atoms with Crippen molar-refractivity contribution in [2.75, 3.05) is 6.61 Å². The fourth-order valence-electron chi connectivity index (χ4n) is 3.45.